The standard InChI is InChI=1S/C19H15F4N3O3/c20-12-5-8-15-24-17(25-18(27)14-2-1-9-28-14)16(26(15)10-12)11-3-6-13(7-4-11)29-19(21,22)23/h3-8,10,14H,1-2,9H2,(H,25,27)/t14-/m1/s1. The summed E-state index contributed by atoms with van der Waals surface area (Å²) in [7, 11) is 0. The molecule has 1 atom stereocenters. The SMILES string of the molecule is O=C(Nc1nc2ccc(F)cn2c1-c1ccc(OC(F)(F)F)cc1)[C@H]1CCCO1. The van der Waals surface area contributed by atoms with Gasteiger partial charge in [-0.2, -0.15) is 0 Å². The van der Waals surface area contributed by atoms with Crippen molar-refractivity contribution in [2.24, 2.45) is 0 Å². The largest absolute Gasteiger partial charge is 0.573 e. The van der Waals surface area contributed by atoms with E-state index in [4.69, 9.17) is 4.74 Å². The van der Waals surface area contributed by atoms with Gasteiger partial charge in [0.05, 0.1) is 5.69 Å². The summed E-state index contributed by atoms with van der Waals surface area (Å²) in [5.74, 6) is -1.17. The number of aromatic nitrogens is 2. The Kier molecular flexibility index (Phi) is 4.87. The summed E-state index contributed by atoms with van der Waals surface area (Å²) in [5, 5.41) is 2.68. The van der Waals surface area contributed by atoms with Crippen molar-refractivity contribution in [1.82, 2.24) is 9.38 Å². The summed E-state index contributed by atoms with van der Waals surface area (Å²) in [6.45, 7) is 0.488. The predicted octanol–water partition coefficient (Wildman–Crippen LogP) is 4.16. The normalized spacial score (nSPS) is 16.9. The van der Waals surface area contributed by atoms with Crippen LogP contribution in [-0.4, -0.2) is 34.4 Å². The maximum atomic E-state index is 13.8. The second kappa shape index (κ2) is 7.36. The minimum Gasteiger partial charge on any atom is -0.406 e. The van der Waals surface area contributed by atoms with Gasteiger partial charge < -0.3 is 14.8 Å². The Morgan fingerprint density at radius 1 is 1.21 bits per heavy atom. The molecule has 2 aromatic heterocycles. The van der Waals surface area contributed by atoms with Gasteiger partial charge in [0.2, 0.25) is 0 Å². The molecule has 0 radical (unpaired) electrons. The van der Waals surface area contributed by atoms with Crippen molar-refractivity contribution in [1.29, 1.82) is 0 Å². The van der Waals surface area contributed by atoms with Crippen molar-refractivity contribution >= 4 is 17.4 Å². The second-order valence-corrected chi connectivity index (χ2v) is 6.45. The fourth-order valence-corrected chi connectivity index (χ4v) is 3.18. The maximum Gasteiger partial charge on any atom is 0.573 e. The van der Waals surface area contributed by atoms with E-state index in [-0.39, 0.29) is 11.7 Å². The molecular formula is C19H15F4N3O3. The smallest absolute Gasteiger partial charge is 0.406 e. The Morgan fingerprint density at radius 2 is 1.97 bits per heavy atom. The van der Waals surface area contributed by atoms with Crippen LogP contribution in [0, 0.1) is 5.82 Å². The van der Waals surface area contributed by atoms with Crippen molar-refractivity contribution < 1.29 is 31.8 Å². The van der Waals surface area contributed by atoms with Gasteiger partial charge in [0.25, 0.3) is 5.91 Å². The fourth-order valence-electron chi connectivity index (χ4n) is 3.18. The van der Waals surface area contributed by atoms with Crippen LogP contribution in [0.3, 0.4) is 0 Å². The molecule has 1 amide bonds. The number of fused-ring (bicyclic) bond motifs is 1. The van der Waals surface area contributed by atoms with Crippen molar-refractivity contribution in [2.45, 2.75) is 25.3 Å². The van der Waals surface area contributed by atoms with Crippen LogP contribution in [0.4, 0.5) is 23.4 Å². The van der Waals surface area contributed by atoms with Gasteiger partial charge in [-0.15, -0.1) is 13.2 Å². The molecule has 1 fully saturated rings. The number of carbonyl (C=O) groups is 1. The Labute approximate surface area is 162 Å². The van der Waals surface area contributed by atoms with E-state index in [1.165, 1.54) is 34.9 Å². The first kappa shape index (κ1) is 19.2. The van der Waals surface area contributed by atoms with Crippen molar-refractivity contribution in [3.63, 3.8) is 0 Å². The average molecular weight is 409 g/mol. The molecule has 29 heavy (non-hydrogen) atoms. The highest BCUT2D eigenvalue weighted by Crippen LogP contribution is 2.32. The first-order valence-electron chi connectivity index (χ1n) is 8.76. The lowest BCUT2D eigenvalue weighted by atomic mass is 10.1. The number of pyridine rings is 1. The van der Waals surface area contributed by atoms with Gasteiger partial charge in [-0.3, -0.25) is 9.20 Å². The Hall–Kier alpha value is -3.14. The third kappa shape index (κ3) is 4.16. The average Bonchev–Trinajstić information content (AvgIpc) is 3.29. The van der Waals surface area contributed by atoms with Crippen LogP contribution < -0.4 is 10.1 Å². The summed E-state index contributed by atoms with van der Waals surface area (Å²) in [6, 6.07) is 7.66. The third-order valence-corrected chi connectivity index (χ3v) is 4.41. The van der Waals surface area contributed by atoms with Gasteiger partial charge in [-0.25, -0.2) is 9.37 Å². The van der Waals surface area contributed by atoms with Crippen LogP contribution in [0.15, 0.2) is 42.6 Å². The number of rotatable bonds is 4. The molecule has 6 nitrogen and oxygen atoms in total. The molecule has 1 aromatic carbocycles. The summed E-state index contributed by atoms with van der Waals surface area (Å²) in [4.78, 5) is 16.8. The highest BCUT2D eigenvalue weighted by atomic mass is 19.4. The van der Waals surface area contributed by atoms with E-state index in [0.717, 1.165) is 18.6 Å². The molecule has 1 aliphatic heterocycles. The quantitative estimate of drug-likeness (QED) is 0.658. The van der Waals surface area contributed by atoms with Crippen molar-refractivity contribution in [3.8, 4) is 17.0 Å². The fraction of sp³-hybridized carbons (Fsp3) is 0.263. The lowest BCUT2D eigenvalue weighted by Crippen LogP contribution is -2.27. The second-order valence-electron chi connectivity index (χ2n) is 6.45. The number of alkyl halides is 3. The number of hydrogen-bond acceptors (Lipinski definition) is 4. The van der Waals surface area contributed by atoms with E-state index < -0.39 is 24.0 Å². The minimum atomic E-state index is -4.81. The van der Waals surface area contributed by atoms with E-state index in [1.807, 2.05) is 0 Å². The number of benzene rings is 1. The number of ether oxygens (including phenoxy) is 2. The van der Waals surface area contributed by atoms with Crippen LogP contribution >= 0.6 is 0 Å². The molecular weight excluding hydrogens is 394 g/mol. The van der Waals surface area contributed by atoms with Gasteiger partial charge >= 0.3 is 6.36 Å². The van der Waals surface area contributed by atoms with Gasteiger partial charge in [0.1, 0.15) is 23.3 Å². The van der Waals surface area contributed by atoms with Gasteiger partial charge in [-0.05, 0) is 49.2 Å². The molecule has 0 saturated carbocycles. The molecule has 152 valence electrons. The zero-order valence-electron chi connectivity index (χ0n) is 14.9. The van der Waals surface area contributed by atoms with Crippen LogP contribution in [0.25, 0.3) is 16.9 Å². The molecule has 0 bridgehead atoms. The molecule has 10 heteroatoms. The summed E-state index contributed by atoms with van der Waals surface area (Å²) in [5.41, 5.74) is 1.10. The third-order valence-electron chi connectivity index (χ3n) is 4.41. The number of halogens is 4. The minimum absolute atomic E-state index is 0.153. The van der Waals surface area contributed by atoms with Crippen LogP contribution in [0.1, 0.15) is 12.8 Å². The Bertz CT molecular complexity index is 1040. The molecule has 0 aliphatic carbocycles. The number of carbonyl (C=O) groups excluding carboxylic acids is 1. The molecule has 1 aliphatic rings. The lowest BCUT2D eigenvalue weighted by Gasteiger charge is -2.12. The number of nitrogens with one attached hydrogen (secondary N) is 1. The molecule has 3 aromatic rings. The molecule has 3 heterocycles. The Balaban J connectivity index is 1.73. The topological polar surface area (TPSA) is 64.9 Å². The number of anilines is 1. The number of imidazole rings is 1. The number of amides is 1. The zero-order valence-corrected chi connectivity index (χ0v) is 14.9. The van der Waals surface area contributed by atoms with Crippen molar-refractivity contribution in [2.75, 3.05) is 11.9 Å². The molecule has 4 rings (SSSR count). The van der Waals surface area contributed by atoms with Gasteiger partial charge in [-0.1, -0.05) is 0 Å². The molecule has 0 spiro atoms. The van der Waals surface area contributed by atoms with E-state index in [0.29, 0.717) is 29.9 Å². The zero-order chi connectivity index (χ0) is 20.6. The van der Waals surface area contributed by atoms with E-state index >= 15 is 0 Å². The lowest BCUT2D eigenvalue weighted by molar-refractivity contribution is -0.274. The molecule has 0 unspecified atom stereocenters. The van der Waals surface area contributed by atoms with E-state index in [9.17, 15) is 22.4 Å². The first-order chi connectivity index (χ1) is 13.8. The maximum absolute atomic E-state index is 13.8. The van der Waals surface area contributed by atoms with Gasteiger partial charge in [0, 0.05) is 18.4 Å². The number of hydrogen-bond donors (Lipinski definition) is 1. The monoisotopic (exact) mass is 409 g/mol. The number of nitrogens with zero attached hydrogens (tertiary/aromatic N) is 2. The predicted molar refractivity (Wildman–Crippen MR) is 94.9 cm³/mol. The van der Waals surface area contributed by atoms with E-state index in [1.54, 1.807) is 0 Å². The first-order valence-corrected chi connectivity index (χ1v) is 8.76. The van der Waals surface area contributed by atoms with Crippen LogP contribution in [-0.2, 0) is 9.53 Å². The highest BCUT2D eigenvalue weighted by molar-refractivity contribution is 5.97. The van der Waals surface area contributed by atoms with Gasteiger partial charge in [0.15, 0.2) is 5.82 Å². The van der Waals surface area contributed by atoms with E-state index in [2.05, 4.69) is 15.0 Å². The Morgan fingerprint density at radius 3 is 2.62 bits per heavy atom. The van der Waals surface area contributed by atoms with Crippen LogP contribution in [0.2, 0.25) is 0 Å². The van der Waals surface area contributed by atoms with Crippen molar-refractivity contribution in [3.05, 3.63) is 48.4 Å². The highest BCUT2D eigenvalue weighted by Gasteiger charge is 2.31. The summed E-state index contributed by atoms with van der Waals surface area (Å²) < 4.78 is 61.6. The summed E-state index contributed by atoms with van der Waals surface area (Å²) >= 11 is 0. The molecule has 1 saturated heterocycles. The summed E-state index contributed by atoms with van der Waals surface area (Å²) in [6.07, 6.45) is -2.89. The van der Waals surface area contributed by atoms with Crippen LogP contribution in [0.5, 0.6) is 5.75 Å². The molecule has 1 N–H and O–H groups in total.